The van der Waals surface area contributed by atoms with Crippen LogP contribution in [0, 0.1) is 23.7 Å². The first kappa shape index (κ1) is 22.1. The molecule has 0 aromatic rings. The smallest absolute Gasteiger partial charge is 0.306 e. The van der Waals surface area contributed by atoms with Crippen molar-refractivity contribution in [1.82, 2.24) is 9.80 Å². The molecule has 2 N–H and O–H groups in total. The molecule has 0 radical (unpaired) electrons. The molecule has 1 amide bonds. The summed E-state index contributed by atoms with van der Waals surface area (Å²) in [6.45, 7) is 3.81. The van der Waals surface area contributed by atoms with Crippen molar-refractivity contribution in [3.8, 4) is 0 Å². The summed E-state index contributed by atoms with van der Waals surface area (Å²) in [4.78, 5) is 39.8. The van der Waals surface area contributed by atoms with Gasteiger partial charge in [0.15, 0.2) is 0 Å². The zero-order chi connectivity index (χ0) is 20.8. The second-order valence-corrected chi connectivity index (χ2v) is 9.27. The molecule has 164 valence electrons. The molecule has 3 rings (SSSR count). The number of hydrogen-bond acceptors (Lipinski definition) is 4. The Morgan fingerprint density at radius 1 is 0.793 bits per heavy atom. The van der Waals surface area contributed by atoms with Crippen LogP contribution in [0.3, 0.4) is 0 Å². The summed E-state index contributed by atoms with van der Waals surface area (Å²) in [6.07, 6.45) is 8.70. The number of carboxylic acids is 2. The van der Waals surface area contributed by atoms with Crippen LogP contribution in [0.15, 0.2) is 0 Å². The third-order valence-corrected chi connectivity index (χ3v) is 7.35. The SMILES string of the molecule is O=C(O)C[C@@H]1CCN(C(=O)C2CCCCC2)C[C@@H]1CCN1CCC(C(=O)O)CC1. The molecule has 2 aliphatic heterocycles. The predicted molar refractivity (Wildman–Crippen MR) is 108 cm³/mol. The van der Waals surface area contributed by atoms with E-state index in [-0.39, 0.29) is 36.0 Å². The highest BCUT2D eigenvalue weighted by Crippen LogP contribution is 2.33. The van der Waals surface area contributed by atoms with Gasteiger partial charge in [-0.3, -0.25) is 14.4 Å². The monoisotopic (exact) mass is 408 g/mol. The fraction of sp³-hybridized carbons (Fsp3) is 0.864. The number of rotatable bonds is 7. The Hall–Kier alpha value is -1.63. The van der Waals surface area contributed by atoms with Gasteiger partial charge < -0.3 is 20.0 Å². The van der Waals surface area contributed by atoms with E-state index in [0.29, 0.717) is 25.9 Å². The fourth-order valence-corrected chi connectivity index (χ4v) is 5.46. The number of aliphatic carboxylic acids is 2. The molecule has 0 bridgehead atoms. The van der Waals surface area contributed by atoms with Crippen molar-refractivity contribution in [3.05, 3.63) is 0 Å². The summed E-state index contributed by atoms with van der Waals surface area (Å²) in [5, 5.41) is 18.5. The number of carbonyl (C=O) groups excluding carboxylic acids is 1. The third kappa shape index (κ3) is 6.17. The van der Waals surface area contributed by atoms with Crippen molar-refractivity contribution >= 4 is 17.8 Å². The molecule has 0 spiro atoms. The molecule has 2 saturated heterocycles. The minimum atomic E-state index is -0.755. The average Bonchev–Trinajstić information content (AvgIpc) is 2.73. The summed E-state index contributed by atoms with van der Waals surface area (Å²) < 4.78 is 0. The van der Waals surface area contributed by atoms with Crippen LogP contribution in [0.25, 0.3) is 0 Å². The quantitative estimate of drug-likeness (QED) is 0.672. The predicted octanol–water partition coefficient (Wildman–Crippen LogP) is 2.69. The minimum Gasteiger partial charge on any atom is -0.481 e. The lowest BCUT2D eigenvalue weighted by molar-refractivity contribution is -0.143. The lowest BCUT2D eigenvalue weighted by Crippen LogP contribution is -2.47. The summed E-state index contributed by atoms with van der Waals surface area (Å²) in [5.41, 5.74) is 0. The van der Waals surface area contributed by atoms with E-state index >= 15 is 0 Å². The number of carbonyl (C=O) groups is 3. The van der Waals surface area contributed by atoms with Gasteiger partial charge in [0.1, 0.15) is 0 Å². The van der Waals surface area contributed by atoms with Crippen LogP contribution in [-0.4, -0.2) is 70.6 Å². The number of carboxylic acid groups (broad SMARTS) is 2. The van der Waals surface area contributed by atoms with E-state index in [1.165, 1.54) is 6.42 Å². The van der Waals surface area contributed by atoms with Gasteiger partial charge in [-0.1, -0.05) is 19.3 Å². The van der Waals surface area contributed by atoms with E-state index < -0.39 is 11.9 Å². The zero-order valence-corrected chi connectivity index (χ0v) is 17.4. The van der Waals surface area contributed by atoms with Gasteiger partial charge >= 0.3 is 11.9 Å². The molecule has 29 heavy (non-hydrogen) atoms. The molecular weight excluding hydrogens is 372 g/mol. The molecule has 0 unspecified atom stereocenters. The molecule has 7 heteroatoms. The second kappa shape index (κ2) is 10.4. The normalized spacial score (nSPS) is 27.7. The largest absolute Gasteiger partial charge is 0.481 e. The van der Waals surface area contributed by atoms with Crippen LogP contribution in [0.5, 0.6) is 0 Å². The molecule has 0 aromatic carbocycles. The van der Waals surface area contributed by atoms with Gasteiger partial charge in [0, 0.05) is 25.4 Å². The molecule has 1 saturated carbocycles. The number of piperidine rings is 2. The maximum atomic E-state index is 13.0. The van der Waals surface area contributed by atoms with E-state index in [4.69, 9.17) is 5.11 Å². The molecule has 7 nitrogen and oxygen atoms in total. The first-order valence-corrected chi connectivity index (χ1v) is 11.4. The van der Waals surface area contributed by atoms with Gasteiger partial charge in [0.25, 0.3) is 0 Å². The maximum absolute atomic E-state index is 13.0. The van der Waals surface area contributed by atoms with E-state index in [2.05, 4.69) is 4.90 Å². The third-order valence-electron chi connectivity index (χ3n) is 7.35. The van der Waals surface area contributed by atoms with Crippen LogP contribution in [0.2, 0.25) is 0 Å². The van der Waals surface area contributed by atoms with Crippen molar-refractivity contribution < 1.29 is 24.6 Å². The highest BCUT2D eigenvalue weighted by molar-refractivity contribution is 5.79. The Bertz CT molecular complexity index is 582. The van der Waals surface area contributed by atoms with Crippen molar-refractivity contribution in [2.75, 3.05) is 32.7 Å². The van der Waals surface area contributed by atoms with Gasteiger partial charge in [-0.2, -0.15) is 0 Å². The molecular formula is C22H36N2O5. The topological polar surface area (TPSA) is 98.2 Å². The van der Waals surface area contributed by atoms with Crippen molar-refractivity contribution in [2.24, 2.45) is 23.7 Å². The highest BCUT2D eigenvalue weighted by Gasteiger charge is 2.35. The summed E-state index contributed by atoms with van der Waals surface area (Å²) in [5.74, 6) is -0.904. The van der Waals surface area contributed by atoms with Crippen LogP contribution in [0.1, 0.15) is 64.2 Å². The van der Waals surface area contributed by atoms with Gasteiger partial charge in [0.2, 0.25) is 5.91 Å². The van der Waals surface area contributed by atoms with Gasteiger partial charge in [-0.25, -0.2) is 0 Å². The van der Waals surface area contributed by atoms with Crippen LogP contribution >= 0.6 is 0 Å². The van der Waals surface area contributed by atoms with Gasteiger partial charge in [-0.15, -0.1) is 0 Å². The Morgan fingerprint density at radius 3 is 2.10 bits per heavy atom. The second-order valence-electron chi connectivity index (χ2n) is 9.27. The molecule has 2 atom stereocenters. The van der Waals surface area contributed by atoms with E-state index in [1.54, 1.807) is 0 Å². The Kier molecular flexibility index (Phi) is 7.92. The van der Waals surface area contributed by atoms with Crippen LogP contribution in [-0.2, 0) is 14.4 Å². The Labute approximate surface area is 173 Å². The Morgan fingerprint density at radius 2 is 1.48 bits per heavy atom. The number of likely N-dealkylation sites (tertiary alicyclic amines) is 2. The maximum Gasteiger partial charge on any atom is 0.306 e. The molecule has 3 aliphatic rings. The van der Waals surface area contributed by atoms with E-state index in [9.17, 15) is 19.5 Å². The summed E-state index contributed by atoms with van der Waals surface area (Å²) >= 11 is 0. The zero-order valence-electron chi connectivity index (χ0n) is 17.4. The molecule has 3 fully saturated rings. The first-order chi connectivity index (χ1) is 13.9. The Balaban J connectivity index is 1.54. The number of amides is 1. The lowest BCUT2D eigenvalue weighted by Gasteiger charge is -2.41. The average molecular weight is 409 g/mol. The van der Waals surface area contributed by atoms with Crippen molar-refractivity contribution in [2.45, 2.75) is 64.2 Å². The lowest BCUT2D eigenvalue weighted by atomic mass is 9.80. The molecule has 1 aliphatic carbocycles. The number of hydrogen-bond donors (Lipinski definition) is 2. The fourth-order valence-electron chi connectivity index (χ4n) is 5.46. The standard InChI is InChI=1S/C22H36N2O5/c25-20(26)14-18-9-13-24(21(27)16-4-2-1-3-5-16)15-19(18)8-12-23-10-6-17(7-11-23)22(28)29/h16-19H,1-15H2,(H,25,26)(H,28,29)/t18-,19-/m0/s1. The minimum absolute atomic E-state index is 0.125. The van der Waals surface area contributed by atoms with E-state index in [1.807, 2.05) is 4.90 Å². The first-order valence-electron chi connectivity index (χ1n) is 11.4. The van der Waals surface area contributed by atoms with Crippen LogP contribution in [0.4, 0.5) is 0 Å². The van der Waals surface area contributed by atoms with E-state index in [0.717, 1.165) is 58.2 Å². The van der Waals surface area contributed by atoms with Gasteiger partial charge in [0.05, 0.1) is 5.92 Å². The summed E-state index contributed by atoms with van der Waals surface area (Å²) in [6, 6.07) is 0. The number of nitrogens with zero attached hydrogens (tertiary/aromatic N) is 2. The highest BCUT2D eigenvalue weighted by atomic mass is 16.4. The molecule has 0 aromatic heterocycles. The van der Waals surface area contributed by atoms with Crippen molar-refractivity contribution in [3.63, 3.8) is 0 Å². The van der Waals surface area contributed by atoms with Crippen LogP contribution < -0.4 is 0 Å². The summed E-state index contributed by atoms with van der Waals surface area (Å²) in [7, 11) is 0. The van der Waals surface area contributed by atoms with Gasteiger partial charge in [-0.05, 0) is 70.0 Å². The molecule has 2 heterocycles. The van der Waals surface area contributed by atoms with Crippen molar-refractivity contribution in [1.29, 1.82) is 0 Å².